The minimum Gasteiger partial charge on any atom is -0.394 e. The molecule has 0 aromatic carbocycles. The van der Waals surface area contributed by atoms with Crippen molar-refractivity contribution < 1.29 is 29.1 Å². The molecule has 0 aromatic rings. The van der Waals surface area contributed by atoms with E-state index in [2.05, 4.69) is 31.6 Å². The lowest BCUT2D eigenvalue weighted by molar-refractivity contribution is -0.135. The van der Waals surface area contributed by atoms with E-state index in [0.717, 1.165) is 6.42 Å². The molecule has 0 aliphatic rings. The van der Waals surface area contributed by atoms with Gasteiger partial charge in [-0.05, 0) is 59.5 Å². The van der Waals surface area contributed by atoms with Crippen LogP contribution in [0.15, 0.2) is 4.99 Å². The monoisotopic (exact) mass is 529 g/mol. The zero-order valence-corrected chi connectivity index (χ0v) is 21.8. The third-order valence-corrected chi connectivity index (χ3v) is 5.18. The number of amides is 4. The van der Waals surface area contributed by atoms with E-state index in [-0.39, 0.29) is 25.3 Å². The summed E-state index contributed by atoms with van der Waals surface area (Å²) in [6, 6.07) is -5.13. The Bertz CT molecular complexity index is 774. The van der Waals surface area contributed by atoms with Gasteiger partial charge in [-0.3, -0.25) is 24.2 Å². The molecule has 4 amide bonds. The lowest BCUT2D eigenvalue weighted by Gasteiger charge is -2.25. The number of aliphatic hydroxyl groups is 1. The minimum atomic E-state index is -1.41. The van der Waals surface area contributed by atoms with E-state index in [1.807, 2.05) is 0 Å². The maximum atomic E-state index is 12.9. The molecule has 0 aliphatic carbocycles. The quantitative estimate of drug-likeness (QED) is 0.0338. The number of carbonyl (C=O) groups is 5. The lowest BCUT2D eigenvalue weighted by Crippen LogP contribution is -2.59. The molecule has 15 nitrogen and oxygen atoms in total. The van der Waals surface area contributed by atoms with Crippen molar-refractivity contribution in [2.75, 3.05) is 26.7 Å². The number of guanidine groups is 1. The van der Waals surface area contributed by atoms with E-state index in [0.29, 0.717) is 25.7 Å². The van der Waals surface area contributed by atoms with Gasteiger partial charge in [0.05, 0.1) is 18.7 Å². The van der Waals surface area contributed by atoms with Gasteiger partial charge in [0.2, 0.25) is 23.6 Å². The van der Waals surface area contributed by atoms with E-state index in [9.17, 15) is 29.1 Å². The average molecular weight is 530 g/mol. The molecule has 15 heteroatoms. The molecule has 0 aromatic heterocycles. The summed E-state index contributed by atoms with van der Waals surface area (Å²) in [6.45, 7) is 3.08. The second-order valence-corrected chi connectivity index (χ2v) is 8.64. The molecule has 0 aliphatic heterocycles. The minimum absolute atomic E-state index is 0.121. The van der Waals surface area contributed by atoms with Crippen LogP contribution in [0.4, 0.5) is 0 Å². The third-order valence-electron chi connectivity index (χ3n) is 5.18. The fourth-order valence-electron chi connectivity index (χ4n) is 3.09. The number of aliphatic hydroxyl groups excluding tert-OH is 1. The number of hydrogen-bond acceptors (Lipinski definition) is 9. The van der Waals surface area contributed by atoms with E-state index < -0.39 is 60.4 Å². The Kier molecular flexibility index (Phi) is 17.2. The molecule has 0 fully saturated rings. The number of rotatable bonds is 19. The first kappa shape index (κ1) is 33.7. The fraction of sp³-hybridized carbons (Fsp3) is 0.727. The third kappa shape index (κ3) is 14.8. The molecular weight excluding hydrogens is 486 g/mol. The zero-order valence-electron chi connectivity index (χ0n) is 21.8. The molecule has 0 unspecified atom stereocenters. The van der Waals surface area contributed by atoms with Gasteiger partial charge in [0.25, 0.3) is 0 Å². The first-order valence-electron chi connectivity index (χ1n) is 12.2. The van der Waals surface area contributed by atoms with E-state index in [1.165, 1.54) is 13.8 Å². The maximum Gasteiger partial charge on any atom is 0.245 e. The Morgan fingerprint density at radius 1 is 0.838 bits per heavy atom. The van der Waals surface area contributed by atoms with E-state index >= 15 is 0 Å². The first-order valence-corrected chi connectivity index (χ1v) is 12.2. The summed E-state index contributed by atoms with van der Waals surface area (Å²) in [6.07, 6.45) is 2.61. The van der Waals surface area contributed by atoms with Crippen molar-refractivity contribution in [2.24, 2.45) is 22.2 Å². The van der Waals surface area contributed by atoms with Crippen molar-refractivity contribution in [2.45, 2.75) is 76.2 Å². The first-order chi connectivity index (χ1) is 17.5. The van der Waals surface area contributed by atoms with Crippen LogP contribution in [-0.4, -0.2) is 97.9 Å². The van der Waals surface area contributed by atoms with Crippen LogP contribution in [0.1, 0.15) is 46.0 Å². The van der Waals surface area contributed by atoms with Crippen LogP contribution >= 0.6 is 0 Å². The second-order valence-electron chi connectivity index (χ2n) is 8.64. The molecule has 212 valence electrons. The smallest absolute Gasteiger partial charge is 0.245 e. The van der Waals surface area contributed by atoms with E-state index in [4.69, 9.17) is 17.2 Å². The molecule has 0 spiro atoms. The highest BCUT2D eigenvalue weighted by atomic mass is 16.3. The summed E-state index contributed by atoms with van der Waals surface area (Å²) in [5.74, 6) is -2.82. The van der Waals surface area contributed by atoms with Gasteiger partial charge in [-0.15, -0.1) is 0 Å². The van der Waals surface area contributed by atoms with Crippen molar-refractivity contribution in [1.29, 1.82) is 0 Å². The molecule has 0 saturated carbocycles. The number of carbonyl (C=O) groups excluding carboxylic acids is 5. The number of nitrogens with one attached hydrogen (secondary N) is 5. The fourth-order valence-corrected chi connectivity index (χ4v) is 3.09. The summed E-state index contributed by atoms with van der Waals surface area (Å²) in [5.41, 5.74) is 16.2. The number of hydrogen-bond donors (Lipinski definition) is 9. The van der Waals surface area contributed by atoms with Gasteiger partial charge in [0.1, 0.15) is 24.4 Å². The molecule has 0 radical (unpaired) electrons. The standard InChI is InChI=1S/C22H43N9O6/c1-13(11-32)28-19(35)15(7-4-5-9-26-3)30-21(37)17(12-33)31-20(36)16(29-18(34)14(2)23)8-6-10-27-22(24)25/h11,13-17,26,33H,4-10,12,23H2,1-3H3,(H,28,35)(H,29,34)(H,30,37)(H,31,36)(H4,24,25,27)/t13-,14-,15-,16-,17-/m0/s1. The molecule has 0 rings (SSSR count). The molecule has 12 N–H and O–H groups in total. The number of aldehydes is 1. The number of nitrogens with zero attached hydrogens (tertiary/aromatic N) is 1. The van der Waals surface area contributed by atoms with Crippen molar-refractivity contribution in [3.8, 4) is 0 Å². The lowest BCUT2D eigenvalue weighted by atomic mass is 10.1. The van der Waals surface area contributed by atoms with Gasteiger partial charge in [0, 0.05) is 6.54 Å². The Hall–Kier alpha value is -3.30. The van der Waals surface area contributed by atoms with Crippen molar-refractivity contribution in [1.82, 2.24) is 26.6 Å². The Morgan fingerprint density at radius 3 is 1.86 bits per heavy atom. The Morgan fingerprint density at radius 2 is 1.35 bits per heavy atom. The normalized spacial score (nSPS) is 14.7. The van der Waals surface area contributed by atoms with Gasteiger partial charge < -0.3 is 53.7 Å². The SMILES string of the molecule is CNCCCC[C@H](NC(=O)[C@H](CO)NC(=O)[C@H](CCCN=C(N)N)NC(=O)[C@H](C)N)C(=O)N[C@@H](C)C=O. The molecular formula is C22H43N9O6. The van der Waals surface area contributed by atoms with Crippen LogP contribution in [0, 0.1) is 0 Å². The highest BCUT2D eigenvalue weighted by Gasteiger charge is 2.29. The number of nitrogens with two attached hydrogens (primary N) is 3. The molecule has 37 heavy (non-hydrogen) atoms. The number of unbranched alkanes of at least 4 members (excludes halogenated alkanes) is 1. The predicted molar refractivity (Wildman–Crippen MR) is 138 cm³/mol. The largest absolute Gasteiger partial charge is 0.394 e. The van der Waals surface area contributed by atoms with Crippen molar-refractivity contribution in [3.05, 3.63) is 0 Å². The van der Waals surface area contributed by atoms with Crippen LogP contribution in [0.5, 0.6) is 0 Å². The second kappa shape index (κ2) is 18.9. The molecule has 0 saturated heterocycles. The molecule has 5 atom stereocenters. The van der Waals surface area contributed by atoms with E-state index in [1.54, 1.807) is 7.05 Å². The Balaban J connectivity index is 5.40. The van der Waals surface area contributed by atoms with Crippen LogP contribution in [-0.2, 0) is 24.0 Å². The van der Waals surface area contributed by atoms with Gasteiger partial charge in [-0.2, -0.15) is 0 Å². The summed E-state index contributed by atoms with van der Waals surface area (Å²) >= 11 is 0. The topological polar surface area (TPSA) is 256 Å². The molecule has 0 bridgehead atoms. The van der Waals surface area contributed by atoms with Crippen molar-refractivity contribution in [3.63, 3.8) is 0 Å². The summed E-state index contributed by atoms with van der Waals surface area (Å²) < 4.78 is 0. The molecule has 0 heterocycles. The summed E-state index contributed by atoms with van der Waals surface area (Å²) in [4.78, 5) is 65.2. The summed E-state index contributed by atoms with van der Waals surface area (Å²) in [7, 11) is 1.79. The van der Waals surface area contributed by atoms with Gasteiger partial charge in [0.15, 0.2) is 5.96 Å². The average Bonchev–Trinajstić information content (AvgIpc) is 2.85. The zero-order chi connectivity index (χ0) is 28.4. The van der Waals surface area contributed by atoms with Crippen LogP contribution < -0.4 is 43.8 Å². The highest BCUT2D eigenvalue weighted by molar-refractivity contribution is 5.95. The van der Waals surface area contributed by atoms with Crippen molar-refractivity contribution >= 4 is 35.9 Å². The van der Waals surface area contributed by atoms with Gasteiger partial charge >= 0.3 is 0 Å². The van der Waals surface area contributed by atoms with Crippen LogP contribution in [0.25, 0.3) is 0 Å². The van der Waals surface area contributed by atoms with Gasteiger partial charge in [-0.1, -0.05) is 0 Å². The predicted octanol–water partition coefficient (Wildman–Crippen LogP) is -4.07. The van der Waals surface area contributed by atoms with Crippen LogP contribution in [0.3, 0.4) is 0 Å². The summed E-state index contributed by atoms with van der Waals surface area (Å²) in [5, 5.41) is 22.7. The number of aliphatic imine (C=N–C) groups is 1. The highest BCUT2D eigenvalue weighted by Crippen LogP contribution is 2.04. The Labute approximate surface area is 217 Å². The van der Waals surface area contributed by atoms with Gasteiger partial charge in [-0.25, -0.2) is 0 Å². The van der Waals surface area contributed by atoms with Crippen LogP contribution in [0.2, 0.25) is 0 Å². The maximum absolute atomic E-state index is 12.9.